The molecule has 3 aromatic rings. The average Bonchev–Trinajstić information content (AvgIpc) is 3.04. The van der Waals surface area contributed by atoms with Crippen molar-refractivity contribution in [3.63, 3.8) is 0 Å². The van der Waals surface area contributed by atoms with Crippen LogP contribution in [0.15, 0.2) is 60.0 Å². The van der Waals surface area contributed by atoms with Gasteiger partial charge in [0.2, 0.25) is 5.88 Å². The predicted molar refractivity (Wildman–Crippen MR) is 98.9 cm³/mol. The molecule has 1 atom stereocenters. The van der Waals surface area contributed by atoms with Gasteiger partial charge in [0, 0.05) is 10.1 Å². The van der Waals surface area contributed by atoms with Gasteiger partial charge in [-0.3, -0.25) is 0 Å². The van der Waals surface area contributed by atoms with Crippen LogP contribution in [0.25, 0.3) is 10.1 Å². The van der Waals surface area contributed by atoms with E-state index >= 15 is 0 Å². The monoisotopic (exact) mass is 362 g/mol. The van der Waals surface area contributed by atoms with Crippen LogP contribution >= 0.6 is 11.3 Å². The first kappa shape index (κ1) is 16.2. The van der Waals surface area contributed by atoms with Gasteiger partial charge in [0.25, 0.3) is 0 Å². The van der Waals surface area contributed by atoms with Crippen LogP contribution in [0, 0.1) is 11.3 Å². The third-order valence-electron chi connectivity index (χ3n) is 4.39. The van der Waals surface area contributed by atoms with Crippen molar-refractivity contribution in [1.29, 1.82) is 5.26 Å². The number of nitrogens with zero attached hydrogens (tertiary/aromatic N) is 1. The zero-order valence-corrected chi connectivity index (χ0v) is 14.7. The normalized spacial score (nSPS) is 15.9. The molecule has 1 aliphatic rings. The van der Waals surface area contributed by atoms with Gasteiger partial charge in [-0.15, -0.1) is 11.3 Å². The summed E-state index contributed by atoms with van der Waals surface area (Å²) < 4.78 is 11.6. The molecule has 1 aliphatic heterocycles. The number of hydrogen-bond acceptors (Lipinski definition) is 6. The van der Waals surface area contributed by atoms with Gasteiger partial charge in [-0.25, -0.2) is 4.79 Å². The zero-order chi connectivity index (χ0) is 18.3. The number of nitriles is 1. The lowest BCUT2D eigenvalue weighted by atomic mass is 9.88. The van der Waals surface area contributed by atoms with E-state index in [0.29, 0.717) is 16.9 Å². The quantitative estimate of drug-likeness (QED) is 0.699. The van der Waals surface area contributed by atoms with Crippen LogP contribution in [-0.4, -0.2) is 13.1 Å². The molecule has 5 nitrogen and oxygen atoms in total. The first-order valence-corrected chi connectivity index (χ1v) is 8.73. The van der Waals surface area contributed by atoms with Crippen LogP contribution in [0.4, 0.5) is 0 Å². The largest absolute Gasteiger partial charge is 0.465 e. The van der Waals surface area contributed by atoms with Crippen molar-refractivity contribution in [2.24, 2.45) is 5.73 Å². The summed E-state index contributed by atoms with van der Waals surface area (Å²) in [5.74, 6) is 0.0873. The fourth-order valence-electron chi connectivity index (χ4n) is 3.14. The summed E-state index contributed by atoms with van der Waals surface area (Å²) in [7, 11) is 1.34. The van der Waals surface area contributed by atoms with E-state index in [1.165, 1.54) is 7.11 Å². The molecule has 4 rings (SSSR count). The van der Waals surface area contributed by atoms with Crippen LogP contribution in [-0.2, 0) is 4.74 Å². The molecule has 26 heavy (non-hydrogen) atoms. The van der Waals surface area contributed by atoms with Gasteiger partial charge in [-0.05, 0) is 29.8 Å². The van der Waals surface area contributed by atoms with E-state index in [1.54, 1.807) is 23.5 Å². The second-order valence-corrected chi connectivity index (χ2v) is 6.91. The van der Waals surface area contributed by atoms with Crippen molar-refractivity contribution in [2.45, 2.75) is 5.92 Å². The number of benzene rings is 2. The third kappa shape index (κ3) is 2.41. The summed E-state index contributed by atoms with van der Waals surface area (Å²) in [5, 5.41) is 10.6. The molecule has 0 unspecified atom stereocenters. The first-order valence-electron chi connectivity index (χ1n) is 7.91. The Morgan fingerprint density at radius 3 is 2.65 bits per heavy atom. The number of allylic oxidation sites excluding steroid dienone is 1. The molecule has 0 spiro atoms. The molecule has 6 heteroatoms. The molecule has 0 fully saturated rings. The van der Waals surface area contributed by atoms with Gasteiger partial charge in [-0.1, -0.05) is 24.3 Å². The van der Waals surface area contributed by atoms with Crippen LogP contribution in [0.2, 0.25) is 0 Å². The Labute approximate surface area is 153 Å². The van der Waals surface area contributed by atoms with Gasteiger partial charge < -0.3 is 15.2 Å². The van der Waals surface area contributed by atoms with E-state index in [1.807, 2.05) is 36.4 Å². The molecule has 0 saturated heterocycles. The Hall–Kier alpha value is -3.30. The number of esters is 1. The van der Waals surface area contributed by atoms with Gasteiger partial charge >= 0.3 is 5.97 Å². The van der Waals surface area contributed by atoms with Crippen molar-refractivity contribution >= 4 is 27.4 Å². The molecule has 0 radical (unpaired) electrons. The summed E-state index contributed by atoms with van der Waals surface area (Å²) in [6.07, 6.45) is 0. The number of hydrogen-bond donors (Lipinski definition) is 1. The first-order chi connectivity index (χ1) is 12.6. The summed E-state index contributed by atoms with van der Waals surface area (Å²) in [6, 6.07) is 17.1. The van der Waals surface area contributed by atoms with E-state index in [4.69, 9.17) is 15.2 Å². The third-order valence-corrected chi connectivity index (χ3v) is 5.61. The van der Waals surface area contributed by atoms with Crippen molar-refractivity contribution in [3.8, 4) is 11.8 Å². The number of carbonyl (C=O) groups is 1. The zero-order valence-electron chi connectivity index (χ0n) is 13.9. The second-order valence-electron chi connectivity index (χ2n) is 5.83. The van der Waals surface area contributed by atoms with E-state index in [9.17, 15) is 10.1 Å². The SMILES string of the molecule is COC(=O)c1ccc([C@@H]2C(C#N)=C(N)Oc3c2sc2ccccc32)cc1. The lowest BCUT2D eigenvalue weighted by Crippen LogP contribution is -2.19. The fourth-order valence-corrected chi connectivity index (χ4v) is 4.41. The lowest BCUT2D eigenvalue weighted by molar-refractivity contribution is 0.0600. The van der Waals surface area contributed by atoms with E-state index < -0.39 is 5.97 Å². The maximum absolute atomic E-state index is 11.7. The van der Waals surface area contributed by atoms with Crippen LogP contribution in [0.5, 0.6) is 5.75 Å². The molecule has 2 heterocycles. The fraction of sp³-hybridized carbons (Fsp3) is 0.100. The van der Waals surface area contributed by atoms with Crippen LogP contribution in [0.3, 0.4) is 0 Å². The highest BCUT2D eigenvalue weighted by molar-refractivity contribution is 7.19. The molecule has 0 saturated carbocycles. The van der Waals surface area contributed by atoms with Gasteiger partial charge in [-0.2, -0.15) is 5.26 Å². The number of nitrogens with two attached hydrogens (primary N) is 1. The summed E-state index contributed by atoms with van der Waals surface area (Å²) in [6.45, 7) is 0. The van der Waals surface area contributed by atoms with E-state index in [2.05, 4.69) is 6.07 Å². The predicted octanol–water partition coefficient (Wildman–Crippen LogP) is 3.91. The van der Waals surface area contributed by atoms with Crippen molar-refractivity contribution in [3.05, 3.63) is 76.0 Å². The second kappa shape index (κ2) is 6.21. The van der Waals surface area contributed by atoms with E-state index in [-0.39, 0.29) is 11.8 Å². The van der Waals surface area contributed by atoms with Gasteiger partial charge in [0.05, 0.1) is 23.5 Å². The van der Waals surface area contributed by atoms with Gasteiger partial charge in [0.15, 0.2) is 5.75 Å². The number of rotatable bonds is 2. The highest BCUT2D eigenvalue weighted by Gasteiger charge is 2.33. The smallest absolute Gasteiger partial charge is 0.337 e. The van der Waals surface area contributed by atoms with E-state index in [0.717, 1.165) is 20.5 Å². The Bertz CT molecular complexity index is 1090. The Kier molecular flexibility index (Phi) is 3.86. The molecule has 0 bridgehead atoms. The summed E-state index contributed by atoms with van der Waals surface area (Å²) >= 11 is 1.58. The topological polar surface area (TPSA) is 85.3 Å². The Morgan fingerprint density at radius 1 is 1.23 bits per heavy atom. The summed E-state index contributed by atoms with van der Waals surface area (Å²) in [4.78, 5) is 12.6. The number of fused-ring (bicyclic) bond motifs is 3. The minimum Gasteiger partial charge on any atom is -0.465 e. The van der Waals surface area contributed by atoms with Crippen molar-refractivity contribution in [2.75, 3.05) is 7.11 Å². The van der Waals surface area contributed by atoms with Gasteiger partial charge in [0.1, 0.15) is 11.6 Å². The summed E-state index contributed by atoms with van der Waals surface area (Å²) in [5.41, 5.74) is 7.74. The standard InChI is InChI=1S/C20H14N2O3S/c1-24-20(23)12-8-6-11(7-9-12)16-14(10-21)19(22)25-17-13-4-2-3-5-15(13)26-18(16)17/h2-9,16H,22H2,1H3/t16-/m1/s1. The molecular weight excluding hydrogens is 348 g/mol. The Balaban J connectivity index is 1.89. The molecule has 1 aromatic heterocycles. The average molecular weight is 362 g/mol. The molecule has 0 amide bonds. The molecular formula is C20H14N2O3S. The van der Waals surface area contributed by atoms with Crippen LogP contribution in [0.1, 0.15) is 26.7 Å². The molecule has 2 N–H and O–H groups in total. The molecule has 0 aliphatic carbocycles. The van der Waals surface area contributed by atoms with Crippen LogP contribution < -0.4 is 10.5 Å². The Morgan fingerprint density at radius 2 is 1.96 bits per heavy atom. The number of methoxy groups -OCH3 is 1. The maximum Gasteiger partial charge on any atom is 0.337 e. The highest BCUT2D eigenvalue weighted by atomic mass is 32.1. The maximum atomic E-state index is 11.7. The number of ether oxygens (including phenoxy) is 2. The van der Waals surface area contributed by atoms with Crippen molar-refractivity contribution in [1.82, 2.24) is 0 Å². The minimum absolute atomic E-state index is 0.116. The number of carbonyl (C=O) groups excluding carboxylic acids is 1. The lowest BCUT2D eigenvalue weighted by Gasteiger charge is -2.24. The number of thiophene rings is 1. The van der Waals surface area contributed by atoms with Crippen molar-refractivity contribution < 1.29 is 14.3 Å². The highest BCUT2D eigenvalue weighted by Crippen LogP contribution is 2.50. The minimum atomic E-state index is -0.401. The molecule has 2 aromatic carbocycles. The molecule has 128 valence electrons.